The van der Waals surface area contributed by atoms with Crippen LogP contribution in [0.2, 0.25) is 0 Å². The van der Waals surface area contributed by atoms with Gasteiger partial charge in [-0.15, -0.1) is 0 Å². The van der Waals surface area contributed by atoms with Crippen LogP contribution in [0.4, 0.5) is 8.78 Å². The van der Waals surface area contributed by atoms with E-state index in [1.165, 1.54) is 11.4 Å². The minimum absolute atomic E-state index is 0.0817. The van der Waals surface area contributed by atoms with Crippen LogP contribution in [-0.4, -0.2) is 32.4 Å². The second-order valence-electron chi connectivity index (χ2n) is 5.09. The highest BCUT2D eigenvalue weighted by Crippen LogP contribution is 2.32. The largest absolute Gasteiger partial charge is 0.330 e. The lowest BCUT2D eigenvalue weighted by Gasteiger charge is -2.28. The van der Waals surface area contributed by atoms with E-state index in [0.29, 0.717) is 19.0 Å². The Morgan fingerprint density at radius 2 is 2.05 bits per heavy atom. The lowest BCUT2D eigenvalue weighted by atomic mass is 10.0. The molecule has 1 aromatic carbocycles. The number of sulfonamides is 1. The first-order valence-electron chi connectivity index (χ1n) is 6.51. The molecule has 1 fully saturated rings. The number of halogens is 2. The summed E-state index contributed by atoms with van der Waals surface area (Å²) in [4.78, 5) is -0.496. The zero-order chi connectivity index (χ0) is 14.9. The maximum atomic E-state index is 13.7. The minimum atomic E-state index is -3.98. The second-order valence-corrected chi connectivity index (χ2v) is 7.06. The monoisotopic (exact) mass is 304 g/mol. The fraction of sp³-hybridized carbons (Fsp3) is 0.538. The van der Waals surface area contributed by atoms with Gasteiger partial charge >= 0.3 is 0 Å². The zero-order valence-electron chi connectivity index (χ0n) is 11.2. The van der Waals surface area contributed by atoms with E-state index in [2.05, 4.69) is 0 Å². The number of hydrogen-bond donors (Lipinski definition) is 1. The van der Waals surface area contributed by atoms with Crippen LogP contribution in [0.15, 0.2) is 23.1 Å². The molecular weight excluding hydrogens is 286 g/mol. The fourth-order valence-electron chi connectivity index (χ4n) is 2.79. The van der Waals surface area contributed by atoms with E-state index in [1.807, 2.05) is 0 Å². The van der Waals surface area contributed by atoms with Crippen LogP contribution < -0.4 is 5.73 Å². The van der Waals surface area contributed by atoms with Crippen LogP contribution in [0.1, 0.15) is 19.3 Å². The van der Waals surface area contributed by atoms with Gasteiger partial charge in [0.1, 0.15) is 16.5 Å². The first-order chi connectivity index (χ1) is 9.37. The molecule has 0 amide bonds. The van der Waals surface area contributed by atoms with Crippen molar-refractivity contribution in [3.05, 3.63) is 29.8 Å². The molecule has 0 saturated heterocycles. The van der Waals surface area contributed by atoms with Crippen molar-refractivity contribution in [2.45, 2.75) is 30.2 Å². The van der Waals surface area contributed by atoms with Crippen LogP contribution in [-0.2, 0) is 10.0 Å². The van der Waals surface area contributed by atoms with E-state index in [1.54, 1.807) is 0 Å². The maximum Gasteiger partial charge on any atom is 0.245 e. The van der Waals surface area contributed by atoms with Gasteiger partial charge in [-0.05, 0) is 37.4 Å². The van der Waals surface area contributed by atoms with Gasteiger partial charge in [0.2, 0.25) is 10.0 Å². The standard InChI is InChI=1S/C13H18F2N2O2S/c1-17(12-4-2-3-9(12)8-16)20(18,19)13-6-5-10(14)7-11(13)15/h5-7,9,12H,2-4,8,16H2,1H3. The van der Waals surface area contributed by atoms with E-state index in [0.717, 1.165) is 25.0 Å². The molecule has 0 spiro atoms. The molecule has 1 aromatic rings. The third-order valence-corrected chi connectivity index (χ3v) is 5.86. The third kappa shape index (κ3) is 2.70. The van der Waals surface area contributed by atoms with Gasteiger partial charge in [0.05, 0.1) is 0 Å². The van der Waals surface area contributed by atoms with Crippen LogP contribution >= 0.6 is 0 Å². The van der Waals surface area contributed by atoms with Gasteiger partial charge in [0.25, 0.3) is 0 Å². The van der Waals surface area contributed by atoms with Gasteiger partial charge < -0.3 is 5.73 Å². The van der Waals surface area contributed by atoms with Gasteiger partial charge in [-0.1, -0.05) is 6.42 Å². The first kappa shape index (κ1) is 15.3. The summed E-state index contributed by atoms with van der Waals surface area (Å²) in [6.45, 7) is 0.399. The highest BCUT2D eigenvalue weighted by atomic mass is 32.2. The Balaban J connectivity index is 2.34. The Labute approximate surface area is 117 Å². The highest BCUT2D eigenvalue weighted by Gasteiger charge is 2.37. The topological polar surface area (TPSA) is 63.4 Å². The number of nitrogens with two attached hydrogens (primary N) is 1. The van der Waals surface area contributed by atoms with E-state index in [9.17, 15) is 17.2 Å². The summed E-state index contributed by atoms with van der Waals surface area (Å²) in [5, 5.41) is 0. The predicted octanol–water partition coefficient (Wildman–Crippen LogP) is 1.71. The van der Waals surface area contributed by atoms with Crippen LogP contribution in [0.25, 0.3) is 0 Å². The summed E-state index contributed by atoms with van der Waals surface area (Å²) in [7, 11) is -2.55. The molecule has 1 aliphatic carbocycles. The van der Waals surface area contributed by atoms with Gasteiger partial charge in [-0.2, -0.15) is 4.31 Å². The van der Waals surface area contributed by atoms with Crippen molar-refractivity contribution in [2.24, 2.45) is 11.7 Å². The molecule has 2 atom stereocenters. The minimum Gasteiger partial charge on any atom is -0.330 e. The molecule has 0 bridgehead atoms. The number of benzene rings is 1. The highest BCUT2D eigenvalue weighted by molar-refractivity contribution is 7.89. The molecule has 112 valence electrons. The normalized spacial score (nSPS) is 23.4. The van der Waals surface area contributed by atoms with E-state index < -0.39 is 26.6 Å². The van der Waals surface area contributed by atoms with E-state index in [-0.39, 0.29) is 12.0 Å². The van der Waals surface area contributed by atoms with Crippen molar-refractivity contribution in [1.29, 1.82) is 0 Å². The third-order valence-electron chi connectivity index (χ3n) is 3.94. The first-order valence-corrected chi connectivity index (χ1v) is 7.95. The van der Waals surface area contributed by atoms with Gasteiger partial charge in [0.15, 0.2) is 0 Å². The summed E-state index contributed by atoms with van der Waals surface area (Å²) >= 11 is 0. The molecular formula is C13H18F2N2O2S. The Bertz CT molecular complexity index is 592. The van der Waals surface area contributed by atoms with Gasteiger partial charge in [-0.25, -0.2) is 17.2 Å². The average molecular weight is 304 g/mol. The van der Waals surface area contributed by atoms with Crippen molar-refractivity contribution in [3.63, 3.8) is 0 Å². The number of nitrogens with zero attached hydrogens (tertiary/aromatic N) is 1. The molecule has 0 radical (unpaired) electrons. The quantitative estimate of drug-likeness (QED) is 0.921. The molecule has 1 saturated carbocycles. The number of rotatable bonds is 4. The zero-order valence-corrected chi connectivity index (χ0v) is 12.0. The lowest BCUT2D eigenvalue weighted by Crippen LogP contribution is -2.41. The molecule has 2 unspecified atom stereocenters. The van der Waals surface area contributed by atoms with Gasteiger partial charge in [0, 0.05) is 19.2 Å². The smallest absolute Gasteiger partial charge is 0.245 e. The molecule has 7 heteroatoms. The Morgan fingerprint density at radius 1 is 1.35 bits per heavy atom. The molecule has 20 heavy (non-hydrogen) atoms. The van der Waals surface area contributed by atoms with Crippen molar-refractivity contribution < 1.29 is 17.2 Å². The SMILES string of the molecule is CN(C1CCCC1CN)S(=O)(=O)c1ccc(F)cc1F. The van der Waals surface area contributed by atoms with Crippen LogP contribution in [0.5, 0.6) is 0 Å². The van der Waals surface area contributed by atoms with Crippen molar-refractivity contribution >= 4 is 10.0 Å². The second kappa shape index (κ2) is 5.75. The maximum absolute atomic E-state index is 13.7. The van der Waals surface area contributed by atoms with E-state index in [4.69, 9.17) is 5.73 Å². The molecule has 2 rings (SSSR count). The lowest BCUT2D eigenvalue weighted by molar-refractivity contribution is 0.303. The van der Waals surface area contributed by atoms with Crippen molar-refractivity contribution in [3.8, 4) is 0 Å². The summed E-state index contributed by atoms with van der Waals surface area (Å²) in [5.41, 5.74) is 5.65. The molecule has 1 aliphatic rings. The summed E-state index contributed by atoms with van der Waals surface area (Å²) < 4.78 is 52.6. The van der Waals surface area contributed by atoms with Crippen molar-refractivity contribution in [2.75, 3.05) is 13.6 Å². The Hall–Kier alpha value is -1.05. The van der Waals surface area contributed by atoms with Crippen LogP contribution in [0, 0.1) is 17.6 Å². The predicted molar refractivity (Wildman–Crippen MR) is 71.5 cm³/mol. The number of hydrogen-bond acceptors (Lipinski definition) is 3. The van der Waals surface area contributed by atoms with Crippen LogP contribution in [0.3, 0.4) is 0 Å². The van der Waals surface area contributed by atoms with E-state index >= 15 is 0 Å². The molecule has 2 N–H and O–H groups in total. The van der Waals surface area contributed by atoms with Crippen molar-refractivity contribution in [1.82, 2.24) is 4.31 Å². The fourth-order valence-corrected chi connectivity index (χ4v) is 4.28. The van der Waals surface area contributed by atoms with Gasteiger partial charge in [-0.3, -0.25) is 0 Å². The summed E-state index contributed by atoms with van der Waals surface area (Å²) in [6.07, 6.45) is 2.48. The molecule has 0 aliphatic heterocycles. The molecule has 0 heterocycles. The summed E-state index contributed by atoms with van der Waals surface area (Å²) in [5.74, 6) is -1.79. The average Bonchev–Trinajstić information content (AvgIpc) is 2.85. The Morgan fingerprint density at radius 3 is 2.65 bits per heavy atom. The molecule has 0 aromatic heterocycles. The summed E-state index contributed by atoms with van der Waals surface area (Å²) in [6, 6.07) is 2.26. The molecule has 4 nitrogen and oxygen atoms in total. The Kier molecular flexibility index (Phi) is 4.41.